The molecule has 2 amide bonds. The number of carbonyl (C=O) groups excluding carboxylic acids is 2. The van der Waals surface area contributed by atoms with Crippen LogP contribution in [0.5, 0.6) is 0 Å². The van der Waals surface area contributed by atoms with Gasteiger partial charge in [0, 0.05) is 18.5 Å². The van der Waals surface area contributed by atoms with Crippen LogP contribution in [0.2, 0.25) is 0 Å². The first-order valence-electron chi connectivity index (χ1n) is 14.9. The highest BCUT2D eigenvalue weighted by Gasteiger charge is 2.50. The van der Waals surface area contributed by atoms with Crippen molar-refractivity contribution in [3.63, 3.8) is 0 Å². The molecule has 5 rings (SSSR count). The van der Waals surface area contributed by atoms with Crippen LogP contribution in [0.3, 0.4) is 0 Å². The monoisotopic (exact) mass is 563 g/mol. The number of hydrogen-bond acceptors (Lipinski definition) is 4. The standard InChI is InChI=1S/C35H41N5O2/c1-7-9-10-21(3)27-16-12-23(5)29(30(27)33(42)36-6)19-24(8-2)28-20-26(13-11-22(28)4)32(41)38-35(17-18-35)34-37-31(39-40-34)25-14-15-25/h7-11,13,19-20,25H,5,12,14-18H2,1-4,6H3,(H,36,42)(H,38,41)(H,37,39,40). The van der Waals surface area contributed by atoms with Crippen LogP contribution in [0.1, 0.15) is 98.3 Å². The minimum atomic E-state index is -0.501. The van der Waals surface area contributed by atoms with E-state index in [0.717, 1.165) is 83.3 Å². The fourth-order valence-electron chi connectivity index (χ4n) is 5.56. The number of aromatic nitrogens is 3. The van der Waals surface area contributed by atoms with E-state index in [1.807, 2.05) is 70.2 Å². The number of likely N-dealkylation sites (N-methyl/N-ethyl adjacent to an activating group) is 1. The largest absolute Gasteiger partial charge is 0.355 e. The molecule has 0 aliphatic heterocycles. The molecule has 0 saturated heterocycles. The summed E-state index contributed by atoms with van der Waals surface area (Å²) in [5.74, 6) is 1.82. The summed E-state index contributed by atoms with van der Waals surface area (Å²) in [6.07, 6.45) is 15.6. The second kappa shape index (κ2) is 11.9. The van der Waals surface area contributed by atoms with Crippen molar-refractivity contribution in [1.82, 2.24) is 25.8 Å². The number of carbonyl (C=O) groups is 2. The summed E-state index contributed by atoms with van der Waals surface area (Å²) in [5.41, 5.74) is 7.49. The first-order valence-corrected chi connectivity index (χ1v) is 14.9. The van der Waals surface area contributed by atoms with Gasteiger partial charge < -0.3 is 10.6 Å². The molecule has 1 aromatic heterocycles. The van der Waals surface area contributed by atoms with Gasteiger partial charge in [-0.3, -0.25) is 14.7 Å². The molecule has 0 bridgehead atoms. The Labute approximate surface area is 248 Å². The molecule has 1 heterocycles. The summed E-state index contributed by atoms with van der Waals surface area (Å²) in [6, 6.07) is 5.78. The quantitative estimate of drug-likeness (QED) is 0.297. The Morgan fingerprint density at radius 2 is 1.90 bits per heavy atom. The second-order valence-corrected chi connectivity index (χ2v) is 11.6. The van der Waals surface area contributed by atoms with Gasteiger partial charge in [-0.2, -0.15) is 5.10 Å². The fourth-order valence-corrected chi connectivity index (χ4v) is 5.56. The Balaban J connectivity index is 1.47. The number of H-pyrrole nitrogens is 1. The first kappa shape index (κ1) is 29.2. The van der Waals surface area contributed by atoms with E-state index in [9.17, 15) is 9.59 Å². The van der Waals surface area contributed by atoms with Gasteiger partial charge in [0.15, 0.2) is 5.82 Å². The van der Waals surface area contributed by atoms with E-state index in [4.69, 9.17) is 4.98 Å². The third-order valence-electron chi connectivity index (χ3n) is 8.52. The molecule has 3 N–H and O–H groups in total. The third kappa shape index (κ3) is 5.87. The Kier molecular flexibility index (Phi) is 8.30. The van der Waals surface area contributed by atoms with Crippen molar-refractivity contribution >= 4 is 17.4 Å². The summed E-state index contributed by atoms with van der Waals surface area (Å²) in [6.45, 7) is 12.4. The molecule has 42 heavy (non-hydrogen) atoms. The van der Waals surface area contributed by atoms with Crippen LogP contribution in [-0.2, 0) is 10.3 Å². The average molecular weight is 564 g/mol. The molecule has 1 aromatic carbocycles. The fraction of sp³-hybridized carbons (Fsp3) is 0.371. The van der Waals surface area contributed by atoms with E-state index < -0.39 is 5.54 Å². The third-order valence-corrected chi connectivity index (χ3v) is 8.52. The Morgan fingerprint density at radius 3 is 2.55 bits per heavy atom. The zero-order valence-electron chi connectivity index (χ0n) is 25.4. The van der Waals surface area contributed by atoms with Crippen molar-refractivity contribution < 1.29 is 9.59 Å². The maximum Gasteiger partial charge on any atom is 0.252 e. The highest BCUT2D eigenvalue weighted by Crippen LogP contribution is 2.46. The van der Waals surface area contributed by atoms with Crippen molar-refractivity contribution in [1.29, 1.82) is 0 Å². The lowest BCUT2D eigenvalue weighted by Crippen LogP contribution is -2.35. The van der Waals surface area contributed by atoms with Gasteiger partial charge in [0.05, 0.1) is 5.57 Å². The molecule has 0 unspecified atom stereocenters. The Morgan fingerprint density at radius 1 is 1.14 bits per heavy atom. The summed E-state index contributed by atoms with van der Waals surface area (Å²) in [4.78, 5) is 31.5. The van der Waals surface area contributed by atoms with Gasteiger partial charge in [-0.15, -0.1) is 0 Å². The molecule has 2 aromatic rings. The number of aromatic amines is 1. The van der Waals surface area contributed by atoms with Crippen molar-refractivity contribution in [3.05, 3.63) is 111 Å². The summed E-state index contributed by atoms with van der Waals surface area (Å²) < 4.78 is 0. The molecule has 3 aliphatic rings. The molecular formula is C35H41N5O2. The van der Waals surface area contributed by atoms with Crippen LogP contribution >= 0.6 is 0 Å². The predicted octanol–water partition coefficient (Wildman–Crippen LogP) is 6.65. The van der Waals surface area contributed by atoms with Crippen LogP contribution in [0.25, 0.3) is 5.57 Å². The molecule has 0 radical (unpaired) electrons. The van der Waals surface area contributed by atoms with Crippen LogP contribution in [0.4, 0.5) is 0 Å². The van der Waals surface area contributed by atoms with Gasteiger partial charge in [0.1, 0.15) is 11.4 Å². The zero-order chi connectivity index (χ0) is 30.0. The molecule has 0 atom stereocenters. The lowest BCUT2D eigenvalue weighted by Gasteiger charge is -2.25. The van der Waals surface area contributed by atoms with Crippen LogP contribution in [0.15, 0.2) is 83.0 Å². The highest BCUT2D eigenvalue weighted by molar-refractivity contribution is 6.02. The van der Waals surface area contributed by atoms with Crippen LogP contribution in [0, 0.1) is 6.92 Å². The number of aryl methyl sites for hydroxylation is 1. The number of rotatable bonds is 9. The van der Waals surface area contributed by atoms with Gasteiger partial charge in [-0.25, -0.2) is 4.98 Å². The van der Waals surface area contributed by atoms with E-state index in [0.29, 0.717) is 22.9 Å². The topological polar surface area (TPSA) is 99.8 Å². The summed E-state index contributed by atoms with van der Waals surface area (Å²) >= 11 is 0. The lowest BCUT2D eigenvalue weighted by molar-refractivity contribution is -0.116. The molecule has 3 aliphatic carbocycles. The van der Waals surface area contributed by atoms with Gasteiger partial charge in [-0.1, -0.05) is 36.9 Å². The number of benzene rings is 1. The molecule has 0 spiro atoms. The van der Waals surface area contributed by atoms with E-state index >= 15 is 0 Å². The Bertz CT molecular complexity index is 1590. The van der Waals surface area contributed by atoms with E-state index in [1.54, 1.807) is 7.05 Å². The summed E-state index contributed by atoms with van der Waals surface area (Å²) in [5, 5.41) is 13.6. The average Bonchev–Trinajstić information content (AvgIpc) is 3.93. The Hall–Kier alpha value is -4.26. The van der Waals surface area contributed by atoms with Crippen LogP contribution in [-0.4, -0.2) is 34.0 Å². The van der Waals surface area contributed by atoms with Gasteiger partial charge >= 0.3 is 0 Å². The lowest BCUT2D eigenvalue weighted by atomic mass is 9.79. The maximum atomic E-state index is 13.5. The molecular weight excluding hydrogens is 522 g/mol. The predicted molar refractivity (Wildman–Crippen MR) is 168 cm³/mol. The number of amides is 2. The minimum Gasteiger partial charge on any atom is -0.355 e. The maximum absolute atomic E-state index is 13.5. The minimum absolute atomic E-state index is 0.128. The number of nitrogens with one attached hydrogen (secondary N) is 3. The molecule has 218 valence electrons. The summed E-state index contributed by atoms with van der Waals surface area (Å²) in [7, 11) is 1.66. The number of nitrogens with zero attached hydrogens (tertiary/aromatic N) is 2. The van der Waals surface area contributed by atoms with Crippen LogP contribution < -0.4 is 10.6 Å². The molecule has 7 heteroatoms. The second-order valence-electron chi connectivity index (χ2n) is 11.6. The van der Waals surface area contributed by atoms with Gasteiger partial charge in [0.2, 0.25) is 0 Å². The highest BCUT2D eigenvalue weighted by atomic mass is 16.2. The van der Waals surface area contributed by atoms with Crippen molar-refractivity contribution in [3.8, 4) is 0 Å². The van der Waals surface area contributed by atoms with E-state index in [2.05, 4.69) is 33.5 Å². The van der Waals surface area contributed by atoms with E-state index in [-0.39, 0.29) is 11.8 Å². The van der Waals surface area contributed by atoms with Gasteiger partial charge in [0.25, 0.3) is 11.8 Å². The molecule has 2 fully saturated rings. The molecule has 2 saturated carbocycles. The smallest absolute Gasteiger partial charge is 0.252 e. The zero-order valence-corrected chi connectivity index (χ0v) is 25.4. The van der Waals surface area contributed by atoms with Crippen molar-refractivity contribution in [2.75, 3.05) is 7.05 Å². The SMILES string of the molecule is C=C1CCC(C(C)=CC=CC)=C(C(=O)NC)C1=CC(=CC)c1cc(C(=O)NC2(c3n[nH]c(C4CC4)n3)CC2)ccc1C. The van der Waals surface area contributed by atoms with Gasteiger partial charge in [-0.05, 0) is 123 Å². The van der Waals surface area contributed by atoms with E-state index in [1.165, 1.54) is 0 Å². The molecule has 7 nitrogen and oxygen atoms in total. The number of hydrogen-bond donors (Lipinski definition) is 3. The first-order chi connectivity index (χ1) is 20.2. The number of allylic oxidation sites excluding steroid dienone is 9. The van der Waals surface area contributed by atoms with Crippen molar-refractivity contribution in [2.24, 2.45) is 0 Å². The normalized spacial score (nSPS) is 19.9. The van der Waals surface area contributed by atoms with Crippen molar-refractivity contribution in [2.45, 2.75) is 77.7 Å².